The molecule has 6 heteroatoms. The van der Waals surface area contributed by atoms with Crippen LogP contribution in [0.5, 0.6) is 0 Å². The van der Waals surface area contributed by atoms with E-state index in [-0.39, 0.29) is 11.5 Å². The van der Waals surface area contributed by atoms with E-state index in [9.17, 15) is 9.59 Å². The van der Waals surface area contributed by atoms with Crippen LogP contribution < -0.4 is 10.9 Å². The fourth-order valence-electron chi connectivity index (χ4n) is 2.91. The highest BCUT2D eigenvalue weighted by Gasteiger charge is 2.10. The van der Waals surface area contributed by atoms with Gasteiger partial charge in [0.15, 0.2) is 0 Å². The molecule has 2 heterocycles. The molecule has 3 rings (SSSR count). The van der Waals surface area contributed by atoms with Gasteiger partial charge >= 0.3 is 0 Å². The Morgan fingerprint density at radius 1 is 1.12 bits per heavy atom. The highest BCUT2D eigenvalue weighted by molar-refractivity contribution is 5.79. The van der Waals surface area contributed by atoms with Crippen molar-refractivity contribution in [2.45, 2.75) is 19.4 Å². The first-order valence-electron chi connectivity index (χ1n) is 8.06. The highest BCUT2D eigenvalue weighted by Crippen LogP contribution is 2.15. The smallest absolute Gasteiger partial charge is 0.275 e. The van der Waals surface area contributed by atoms with Crippen LogP contribution in [0.3, 0.4) is 0 Å². The molecule has 6 nitrogen and oxygen atoms in total. The summed E-state index contributed by atoms with van der Waals surface area (Å²) in [6.45, 7) is 1.52. The van der Waals surface area contributed by atoms with E-state index in [1.54, 1.807) is 11.7 Å². The highest BCUT2D eigenvalue weighted by atomic mass is 16.5. The maximum absolute atomic E-state index is 12.7. The Bertz CT molecular complexity index is 911. The Morgan fingerprint density at radius 3 is 2.67 bits per heavy atom. The van der Waals surface area contributed by atoms with Gasteiger partial charge < -0.3 is 19.0 Å². The SMILES string of the molecule is COCCNC(=O)CCCn1c(=O)c2cccn2c2ccccc21. The average Bonchev–Trinajstić information content (AvgIpc) is 3.08. The Morgan fingerprint density at radius 2 is 1.88 bits per heavy atom. The van der Waals surface area contributed by atoms with Crippen LogP contribution in [0.2, 0.25) is 0 Å². The third-order valence-corrected chi connectivity index (χ3v) is 4.06. The standard InChI is InChI=1S/C18H21N3O3/c1-24-13-10-19-17(22)9-5-12-21-15-7-3-2-6-14(15)20-11-4-8-16(20)18(21)23/h2-4,6-8,11H,5,9-10,12-13H2,1H3,(H,19,22). The summed E-state index contributed by atoms with van der Waals surface area (Å²) >= 11 is 0. The molecule has 0 unspecified atom stereocenters. The lowest BCUT2D eigenvalue weighted by Gasteiger charge is -2.12. The van der Waals surface area contributed by atoms with Gasteiger partial charge in [-0.15, -0.1) is 0 Å². The monoisotopic (exact) mass is 327 g/mol. The molecule has 1 N–H and O–H groups in total. The molecular formula is C18H21N3O3. The number of para-hydroxylation sites is 2. The second kappa shape index (κ2) is 7.31. The summed E-state index contributed by atoms with van der Waals surface area (Å²) in [5.74, 6) is -0.0202. The predicted molar refractivity (Wildman–Crippen MR) is 93.3 cm³/mol. The molecule has 0 aliphatic heterocycles. The predicted octanol–water partition coefficient (Wildman–Crippen LogP) is 1.80. The van der Waals surface area contributed by atoms with Crippen molar-refractivity contribution in [3.8, 4) is 0 Å². The summed E-state index contributed by atoms with van der Waals surface area (Å²) in [5, 5.41) is 2.79. The van der Waals surface area contributed by atoms with Crippen LogP contribution in [0.4, 0.5) is 0 Å². The van der Waals surface area contributed by atoms with Crippen LogP contribution in [0.25, 0.3) is 16.6 Å². The van der Waals surface area contributed by atoms with Crippen LogP contribution in [0, 0.1) is 0 Å². The molecule has 0 radical (unpaired) electrons. The number of rotatable bonds is 7. The number of carbonyl (C=O) groups is 1. The van der Waals surface area contributed by atoms with E-state index in [0.717, 1.165) is 11.0 Å². The molecule has 3 aromatic rings. The Labute approximate surface area is 139 Å². The van der Waals surface area contributed by atoms with Gasteiger partial charge in [-0.25, -0.2) is 0 Å². The Hall–Kier alpha value is -2.60. The van der Waals surface area contributed by atoms with Gasteiger partial charge in [-0.05, 0) is 30.7 Å². The maximum Gasteiger partial charge on any atom is 0.275 e. The molecule has 126 valence electrons. The molecule has 0 saturated heterocycles. The van der Waals surface area contributed by atoms with Crippen LogP contribution in [0.15, 0.2) is 47.4 Å². The van der Waals surface area contributed by atoms with Gasteiger partial charge in [0.1, 0.15) is 5.52 Å². The molecule has 1 aromatic carbocycles. The van der Waals surface area contributed by atoms with Crippen LogP contribution in [0.1, 0.15) is 12.8 Å². The number of nitrogens with zero attached hydrogens (tertiary/aromatic N) is 2. The number of hydrogen-bond acceptors (Lipinski definition) is 3. The van der Waals surface area contributed by atoms with Crippen molar-refractivity contribution >= 4 is 22.5 Å². The van der Waals surface area contributed by atoms with Gasteiger partial charge in [-0.2, -0.15) is 0 Å². The lowest BCUT2D eigenvalue weighted by atomic mass is 10.2. The van der Waals surface area contributed by atoms with E-state index in [0.29, 0.717) is 38.1 Å². The number of aryl methyl sites for hydroxylation is 1. The molecule has 0 spiro atoms. The minimum atomic E-state index is -0.0292. The molecule has 0 saturated carbocycles. The van der Waals surface area contributed by atoms with Crippen molar-refractivity contribution in [1.82, 2.24) is 14.3 Å². The number of carbonyl (C=O) groups excluding carboxylic acids is 1. The minimum Gasteiger partial charge on any atom is -0.383 e. The van der Waals surface area contributed by atoms with Gasteiger partial charge in [-0.3, -0.25) is 9.59 Å². The number of hydrogen-bond donors (Lipinski definition) is 1. The zero-order valence-electron chi connectivity index (χ0n) is 13.7. The Balaban J connectivity index is 1.80. The first kappa shape index (κ1) is 16.3. The van der Waals surface area contributed by atoms with Crippen LogP contribution in [-0.4, -0.2) is 35.1 Å². The number of aromatic nitrogens is 2. The second-order valence-electron chi connectivity index (χ2n) is 5.66. The third kappa shape index (κ3) is 3.19. The van der Waals surface area contributed by atoms with Crippen molar-refractivity contribution < 1.29 is 9.53 Å². The first-order valence-corrected chi connectivity index (χ1v) is 8.06. The summed E-state index contributed by atoms with van der Waals surface area (Å²) in [5.41, 5.74) is 2.49. The molecule has 24 heavy (non-hydrogen) atoms. The maximum atomic E-state index is 12.7. The topological polar surface area (TPSA) is 64.7 Å². The van der Waals surface area contributed by atoms with Gasteiger partial charge in [0.2, 0.25) is 5.91 Å². The second-order valence-corrected chi connectivity index (χ2v) is 5.66. The summed E-state index contributed by atoms with van der Waals surface area (Å²) in [6, 6.07) is 11.5. The molecular weight excluding hydrogens is 306 g/mol. The fraction of sp³-hybridized carbons (Fsp3) is 0.333. The van der Waals surface area contributed by atoms with Crippen LogP contribution in [-0.2, 0) is 16.1 Å². The van der Waals surface area contributed by atoms with Crippen molar-refractivity contribution in [2.24, 2.45) is 0 Å². The lowest BCUT2D eigenvalue weighted by molar-refractivity contribution is -0.121. The lowest BCUT2D eigenvalue weighted by Crippen LogP contribution is -2.28. The largest absolute Gasteiger partial charge is 0.383 e. The number of ether oxygens (including phenoxy) is 1. The molecule has 2 aromatic heterocycles. The minimum absolute atomic E-state index is 0.0202. The van der Waals surface area contributed by atoms with Gasteiger partial charge in [0.05, 0.1) is 17.6 Å². The molecule has 0 atom stereocenters. The van der Waals surface area contributed by atoms with E-state index in [1.165, 1.54) is 0 Å². The summed E-state index contributed by atoms with van der Waals surface area (Å²) < 4.78 is 8.57. The zero-order chi connectivity index (χ0) is 16.9. The van der Waals surface area contributed by atoms with Crippen molar-refractivity contribution in [1.29, 1.82) is 0 Å². The number of fused-ring (bicyclic) bond motifs is 3. The molecule has 1 amide bonds. The fourth-order valence-corrected chi connectivity index (χ4v) is 2.91. The van der Waals surface area contributed by atoms with Gasteiger partial charge in [-0.1, -0.05) is 12.1 Å². The van der Waals surface area contributed by atoms with Crippen LogP contribution >= 0.6 is 0 Å². The molecule has 0 bridgehead atoms. The zero-order valence-corrected chi connectivity index (χ0v) is 13.7. The van der Waals surface area contributed by atoms with Gasteiger partial charge in [0, 0.05) is 32.8 Å². The number of benzene rings is 1. The van der Waals surface area contributed by atoms with E-state index >= 15 is 0 Å². The summed E-state index contributed by atoms with van der Waals surface area (Å²) in [4.78, 5) is 24.5. The van der Waals surface area contributed by atoms with E-state index < -0.39 is 0 Å². The quantitative estimate of drug-likeness (QED) is 0.673. The molecule has 0 fully saturated rings. The summed E-state index contributed by atoms with van der Waals surface area (Å²) in [6.07, 6.45) is 2.89. The van der Waals surface area contributed by atoms with Gasteiger partial charge in [0.25, 0.3) is 5.56 Å². The Kier molecular flexibility index (Phi) is 4.96. The van der Waals surface area contributed by atoms with Crippen molar-refractivity contribution in [2.75, 3.05) is 20.3 Å². The van der Waals surface area contributed by atoms with E-state index in [4.69, 9.17) is 4.74 Å². The molecule has 0 aliphatic rings. The number of amides is 1. The number of methoxy groups -OCH3 is 1. The van der Waals surface area contributed by atoms with Crippen molar-refractivity contribution in [3.05, 3.63) is 52.9 Å². The average molecular weight is 327 g/mol. The normalized spacial score (nSPS) is 11.2. The first-order chi connectivity index (χ1) is 11.7. The van der Waals surface area contributed by atoms with E-state index in [1.807, 2.05) is 47.0 Å². The van der Waals surface area contributed by atoms with E-state index in [2.05, 4.69) is 5.32 Å². The summed E-state index contributed by atoms with van der Waals surface area (Å²) in [7, 11) is 1.60. The van der Waals surface area contributed by atoms with Crippen molar-refractivity contribution in [3.63, 3.8) is 0 Å². The third-order valence-electron chi connectivity index (χ3n) is 4.06. The molecule has 0 aliphatic carbocycles. The number of nitrogens with one attached hydrogen (secondary N) is 1.